The van der Waals surface area contributed by atoms with Gasteiger partial charge >= 0.3 is 5.97 Å². The van der Waals surface area contributed by atoms with Crippen molar-refractivity contribution in [2.45, 2.75) is 56.1 Å². The van der Waals surface area contributed by atoms with Crippen LogP contribution in [0.1, 0.15) is 65.3 Å². The van der Waals surface area contributed by atoms with Gasteiger partial charge in [-0.3, -0.25) is 9.69 Å². The molecule has 0 radical (unpaired) electrons. The standard InChI is InChI=1S/C33H28Cl2F2N4O3/c1-2-44-31(42)19-13-24-26(14-22(19)36)40-11-10-25-27(30(40)38-24)28(18-4-3-5-21(35)29(18)37)33(41(25)15-16-6-7-16)20-9-8-17(34)12-23(20)39-32(33)43/h3-5,8-9,12-14,16,25,27-28H,2,6-7,10-11,15H2,1H3,(H,39,43)/t25-,27+,28-,33+/m0/s1. The lowest BCUT2D eigenvalue weighted by Crippen LogP contribution is -2.53. The first-order valence-electron chi connectivity index (χ1n) is 14.9. The first-order chi connectivity index (χ1) is 21.2. The minimum atomic E-state index is -1.27. The molecule has 7 nitrogen and oxygen atoms in total. The summed E-state index contributed by atoms with van der Waals surface area (Å²) < 4.78 is 38.5. The van der Waals surface area contributed by atoms with Crippen LogP contribution in [0.5, 0.6) is 0 Å². The number of imidazole rings is 1. The number of nitrogens with one attached hydrogen (secondary N) is 1. The summed E-state index contributed by atoms with van der Waals surface area (Å²) in [7, 11) is 0. The highest BCUT2D eigenvalue weighted by molar-refractivity contribution is 6.31. The average Bonchev–Trinajstić information content (AvgIpc) is 3.59. The number of hydrogen-bond donors (Lipinski definition) is 1. The summed E-state index contributed by atoms with van der Waals surface area (Å²) >= 11 is 12.8. The molecule has 1 aliphatic carbocycles. The lowest BCUT2D eigenvalue weighted by atomic mass is 9.70. The van der Waals surface area contributed by atoms with E-state index in [0.717, 1.165) is 18.4 Å². The summed E-state index contributed by atoms with van der Waals surface area (Å²) in [6.07, 6.45) is 2.75. The van der Waals surface area contributed by atoms with Crippen molar-refractivity contribution >= 4 is 51.8 Å². The largest absolute Gasteiger partial charge is 0.462 e. The number of hydrogen-bond acceptors (Lipinski definition) is 5. The van der Waals surface area contributed by atoms with Crippen LogP contribution in [0.25, 0.3) is 11.0 Å². The number of likely N-dealkylation sites (tertiary alicyclic amines) is 1. The third-order valence-electron chi connectivity index (χ3n) is 9.84. The maximum absolute atomic E-state index is 16.2. The second-order valence-electron chi connectivity index (χ2n) is 12.2. The van der Waals surface area contributed by atoms with Gasteiger partial charge in [0.1, 0.15) is 23.0 Å². The number of halogens is 4. The number of fused-ring (bicyclic) bond motifs is 7. The average molecular weight is 638 g/mol. The SMILES string of the molecule is CCOC(=O)c1cc2nc3n(c2cc1F)CC[C@H]1[C@@H]3[C@H](c2cccc(Cl)c2F)[C@]2(C(=O)Nc3cc(Cl)ccc32)N1CC1CC1. The molecule has 1 aromatic heterocycles. The molecule has 3 aliphatic heterocycles. The lowest BCUT2D eigenvalue weighted by molar-refractivity contribution is -0.128. The van der Waals surface area contributed by atoms with Crippen molar-refractivity contribution in [2.75, 3.05) is 18.5 Å². The summed E-state index contributed by atoms with van der Waals surface area (Å²) in [5, 5.41) is 3.53. The Kier molecular flexibility index (Phi) is 6.35. The zero-order valence-electron chi connectivity index (χ0n) is 23.7. The zero-order chi connectivity index (χ0) is 30.5. The van der Waals surface area contributed by atoms with E-state index in [0.29, 0.717) is 58.6 Å². The van der Waals surface area contributed by atoms with Crippen LogP contribution in [0.15, 0.2) is 48.5 Å². The number of carbonyl (C=O) groups excluding carboxylic acids is 2. The number of esters is 1. The van der Waals surface area contributed by atoms with Crippen molar-refractivity contribution in [3.05, 3.63) is 92.7 Å². The molecule has 1 saturated heterocycles. The smallest absolute Gasteiger partial charge is 0.341 e. The number of anilines is 1. The Morgan fingerprint density at radius 2 is 1.95 bits per heavy atom. The maximum Gasteiger partial charge on any atom is 0.341 e. The number of nitrogens with zero attached hydrogens (tertiary/aromatic N) is 3. The van der Waals surface area contributed by atoms with Gasteiger partial charge in [-0.25, -0.2) is 18.6 Å². The van der Waals surface area contributed by atoms with Crippen molar-refractivity contribution in [1.82, 2.24) is 14.5 Å². The van der Waals surface area contributed by atoms with E-state index in [1.165, 1.54) is 18.2 Å². The van der Waals surface area contributed by atoms with Gasteiger partial charge in [-0.1, -0.05) is 41.4 Å². The van der Waals surface area contributed by atoms with E-state index in [-0.39, 0.29) is 29.1 Å². The van der Waals surface area contributed by atoms with Gasteiger partial charge in [0.25, 0.3) is 0 Å². The molecule has 0 bridgehead atoms. The minimum Gasteiger partial charge on any atom is -0.462 e. The molecule has 11 heteroatoms. The van der Waals surface area contributed by atoms with E-state index in [4.69, 9.17) is 32.9 Å². The minimum absolute atomic E-state index is 0.0324. The lowest BCUT2D eigenvalue weighted by Gasteiger charge is -2.40. The topological polar surface area (TPSA) is 76.5 Å². The van der Waals surface area contributed by atoms with Crippen LogP contribution >= 0.6 is 23.2 Å². The summed E-state index contributed by atoms with van der Waals surface area (Å²) in [5.74, 6) is -2.42. The van der Waals surface area contributed by atoms with Crippen LogP contribution in [0.3, 0.4) is 0 Å². The Labute approximate surface area is 262 Å². The summed E-state index contributed by atoms with van der Waals surface area (Å²) in [6, 6.07) is 12.8. The van der Waals surface area contributed by atoms with Gasteiger partial charge in [0, 0.05) is 53.3 Å². The number of aryl methyl sites for hydroxylation is 1. The van der Waals surface area contributed by atoms with Crippen LogP contribution in [0.2, 0.25) is 10.0 Å². The highest BCUT2D eigenvalue weighted by Crippen LogP contribution is 2.64. The molecule has 44 heavy (non-hydrogen) atoms. The maximum atomic E-state index is 16.2. The van der Waals surface area contributed by atoms with E-state index >= 15 is 8.78 Å². The van der Waals surface area contributed by atoms with Gasteiger partial charge in [-0.2, -0.15) is 0 Å². The molecule has 2 fully saturated rings. The highest BCUT2D eigenvalue weighted by Gasteiger charge is 2.69. The van der Waals surface area contributed by atoms with E-state index in [1.54, 1.807) is 31.2 Å². The van der Waals surface area contributed by atoms with E-state index in [9.17, 15) is 9.59 Å². The Bertz CT molecular complexity index is 1890. The number of aromatic nitrogens is 2. The van der Waals surface area contributed by atoms with E-state index in [1.807, 2.05) is 10.6 Å². The fourth-order valence-corrected chi connectivity index (χ4v) is 8.33. The number of rotatable bonds is 5. The van der Waals surface area contributed by atoms with Gasteiger partial charge in [-0.05, 0) is 61.9 Å². The third-order valence-corrected chi connectivity index (χ3v) is 10.4. The van der Waals surface area contributed by atoms with Crippen LogP contribution in [-0.2, 0) is 21.6 Å². The second kappa shape index (κ2) is 9.99. The van der Waals surface area contributed by atoms with Crippen LogP contribution in [0.4, 0.5) is 14.5 Å². The molecule has 1 spiro atoms. The zero-order valence-corrected chi connectivity index (χ0v) is 25.3. The molecule has 4 aliphatic rings. The molecule has 226 valence electrons. The molecule has 4 atom stereocenters. The number of amides is 1. The first-order valence-corrected chi connectivity index (χ1v) is 15.7. The Hall–Kier alpha value is -3.53. The van der Waals surface area contributed by atoms with Crippen LogP contribution in [0, 0.1) is 17.6 Å². The van der Waals surface area contributed by atoms with Crippen molar-refractivity contribution in [1.29, 1.82) is 0 Å². The molecule has 3 aromatic carbocycles. The fraction of sp³-hybridized carbons (Fsp3) is 0.364. The Morgan fingerprint density at radius 1 is 1.14 bits per heavy atom. The van der Waals surface area contributed by atoms with Gasteiger partial charge in [0.15, 0.2) is 0 Å². The Balaban J connectivity index is 1.40. The molecule has 4 aromatic rings. The number of ether oxygens (including phenoxy) is 1. The highest BCUT2D eigenvalue weighted by atomic mass is 35.5. The molecule has 1 amide bonds. The monoisotopic (exact) mass is 636 g/mol. The fourth-order valence-electron chi connectivity index (χ4n) is 7.98. The van der Waals surface area contributed by atoms with Gasteiger partial charge in [0.05, 0.1) is 28.2 Å². The predicted molar refractivity (Wildman–Crippen MR) is 162 cm³/mol. The number of carbonyl (C=O) groups is 2. The third kappa shape index (κ3) is 3.85. The second-order valence-corrected chi connectivity index (χ2v) is 13.0. The molecule has 8 rings (SSSR count). The summed E-state index contributed by atoms with van der Waals surface area (Å²) in [5.41, 5.74) is 1.18. The van der Waals surface area contributed by atoms with E-state index < -0.39 is 35.0 Å². The Morgan fingerprint density at radius 3 is 2.73 bits per heavy atom. The van der Waals surface area contributed by atoms with E-state index in [2.05, 4.69) is 10.2 Å². The molecular formula is C33H28Cl2F2N4O3. The predicted octanol–water partition coefficient (Wildman–Crippen LogP) is 7.01. The van der Waals surface area contributed by atoms with Crippen LogP contribution in [-0.4, -0.2) is 45.5 Å². The van der Waals surface area contributed by atoms with Gasteiger partial charge < -0.3 is 14.6 Å². The van der Waals surface area contributed by atoms with Gasteiger partial charge in [-0.15, -0.1) is 0 Å². The first kappa shape index (κ1) is 28.0. The van der Waals surface area contributed by atoms with Crippen molar-refractivity contribution in [3.8, 4) is 0 Å². The summed E-state index contributed by atoms with van der Waals surface area (Å²) in [4.78, 5) is 34.3. The summed E-state index contributed by atoms with van der Waals surface area (Å²) in [6.45, 7) is 2.95. The molecule has 1 saturated carbocycles. The molecule has 1 N–H and O–H groups in total. The van der Waals surface area contributed by atoms with Crippen molar-refractivity contribution in [3.63, 3.8) is 0 Å². The molecular weight excluding hydrogens is 609 g/mol. The van der Waals surface area contributed by atoms with Crippen molar-refractivity contribution in [2.24, 2.45) is 5.92 Å². The molecule has 4 heterocycles. The van der Waals surface area contributed by atoms with Crippen molar-refractivity contribution < 1.29 is 23.1 Å². The normalized spacial score (nSPS) is 25.7. The number of benzene rings is 3. The van der Waals surface area contributed by atoms with Gasteiger partial charge in [0.2, 0.25) is 5.91 Å². The molecule has 0 unspecified atom stereocenters. The van der Waals surface area contributed by atoms with Crippen LogP contribution < -0.4 is 5.32 Å². The quantitative estimate of drug-likeness (QED) is 0.239.